The van der Waals surface area contributed by atoms with Gasteiger partial charge in [0, 0.05) is 30.2 Å². The second-order valence-corrected chi connectivity index (χ2v) is 9.67. The number of benzene rings is 3. The van der Waals surface area contributed by atoms with Gasteiger partial charge in [-0.05, 0) is 61.7 Å². The van der Waals surface area contributed by atoms with Crippen LogP contribution in [-0.4, -0.2) is 47.4 Å². The first-order valence-electron chi connectivity index (χ1n) is 11.9. The minimum atomic E-state index is -1.09. The number of likely N-dealkylation sites (tertiary alicyclic amines) is 1. The van der Waals surface area contributed by atoms with Gasteiger partial charge in [0.25, 0.3) is 5.91 Å². The van der Waals surface area contributed by atoms with E-state index in [9.17, 15) is 9.90 Å². The van der Waals surface area contributed by atoms with Crippen molar-refractivity contribution < 1.29 is 14.6 Å². The number of ether oxygens (including phenoxy) is 1. The van der Waals surface area contributed by atoms with E-state index in [-0.39, 0.29) is 18.7 Å². The van der Waals surface area contributed by atoms with Gasteiger partial charge in [0.2, 0.25) is 0 Å². The third-order valence-electron chi connectivity index (χ3n) is 6.09. The highest BCUT2D eigenvalue weighted by atomic mass is 35.5. The van der Waals surface area contributed by atoms with Crippen LogP contribution in [0.15, 0.2) is 78.9 Å². The largest absolute Gasteiger partial charge is 0.488 e. The van der Waals surface area contributed by atoms with Gasteiger partial charge in [-0.15, -0.1) is 0 Å². The van der Waals surface area contributed by atoms with Gasteiger partial charge in [-0.1, -0.05) is 54.1 Å². The van der Waals surface area contributed by atoms with E-state index >= 15 is 0 Å². The van der Waals surface area contributed by atoms with Crippen LogP contribution >= 0.6 is 11.6 Å². The Morgan fingerprint density at radius 2 is 1.80 bits per heavy atom. The Morgan fingerprint density at radius 1 is 1.09 bits per heavy atom. The van der Waals surface area contributed by atoms with Crippen LogP contribution in [0.3, 0.4) is 0 Å². The molecule has 0 aromatic heterocycles. The van der Waals surface area contributed by atoms with E-state index in [0.717, 1.165) is 31.0 Å². The lowest BCUT2D eigenvalue weighted by molar-refractivity contribution is 0.00539. The molecule has 1 aliphatic heterocycles. The highest BCUT2D eigenvalue weighted by Gasteiger charge is 2.28. The highest BCUT2D eigenvalue weighted by Crippen LogP contribution is 2.26. The van der Waals surface area contributed by atoms with Crippen LogP contribution in [0.2, 0.25) is 5.02 Å². The average Bonchev–Trinajstić information content (AvgIpc) is 3.31. The van der Waals surface area contributed by atoms with Gasteiger partial charge in [-0.3, -0.25) is 15.0 Å². The molecule has 184 valence electrons. The summed E-state index contributed by atoms with van der Waals surface area (Å²) >= 11 is 6.01. The Kier molecular flexibility index (Phi) is 8.42. The quantitative estimate of drug-likeness (QED) is 0.373. The average molecular weight is 494 g/mol. The molecule has 35 heavy (non-hydrogen) atoms. The van der Waals surface area contributed by atoms with Gasteiger partial charge in [0.15, 0.2) is 0 Å². The van der Waals surface area contributed by atoms with Crippen LogP contribution in [0, 0.1) is 0 Å². The molecule has 1 saturated heterocycles. The number of nitrogens with zero attached hydrogens (tertiary/aromatic N) is 1. The third kappa shape index (κ3) is 7.29. The summed E-state index contributed by atoms with van der Waals surface area (Å²) in [6.45, 7) is 4.06. The monoisotopic (exact) mass is 493 g/mol. The topological polar surface area (TPSA) is 73.8 Å². The molecular weight excluding hydrogens is 462 g/mol. The van der Waals surface area contributed by atoms with Crippen LogP contribution < -0.4 is 15.4 Å². The molecule has 1 aliphatic rings. The fourth-order valence-corrected chi connectivity index (χ4v) is 4.30. The Hall–Kier alpha value is -2.90. The molecule has 7 heteroatoms. The van der Waals surface area contributed by atoms with Crippen molar-refractivity contribution in [3.8, 4) is 5.75 Å². The zero-order valence-corrected chi connectivity index (χ0v) is 20.7. The predicted molar refractivity (Wildman–Crippen MR) is 140 cm³/mol. The van der Waals surface area contributed by atoms with Crippen LogP contribution in [0.25, 0.3) is 0 Å². The Balaban J connectivity index is 1.30. The molecule has 6 nitrogen and oxygen atoms in total. The van der Waals surface area contributed by atoms with Crippen molar-refractivity contribution in [3.63, 3.8) is 0 Å². The van der Waals surface area contributed by atoms with E-state index in [2.05, 4.69) is 27.7 Å². The van der Waals surface area contributed by atoms with Crippen molar-refractivity contribution in [2.75, 3.05) is 25.0 Å². The number of hydrogen-bond donors (Lipinski definition) is 3. The standard InChI is InChI=1S/C28H32ClN3O3/c1-28(34,19-30-26-12-7-17-32(26)18-21-13-15-23(29)16-14-21)20-35-25-11-6-5-10-24(25)31-27(33)22-8-3-2-4-9-22/h2-6,8-11,13-16,26,30,34H,7,12,17-20H2,1H3,(H,31,33). The molecule has 1 fully saturated rings. The van der Waals surface area contributed by atoms with Crippen molar-refractivity contribution >= 4 is 23.2 Å². The number of rotatable bonds is 10. The summed E-state index contributed by atoms with van der Waals surface area (Å²) in [5, 5.41) is 18.1. The van der Waals surface area contributed by atoms with Crippen LogP contribution in [0.4, 0.5) is 5.69 Å². The van der Waals surface area contributed by atoms with E-state index in [1.54, 1.807) is 31.2 Å². The van der Waals surface area contributed by atoms with Crippen molar-refractivity contribution in [2.24, 2.45) is 0 Å². The van der Waals surface area contributed by atoms with Gasteiger partial charge in [-0.2, -0.15) is 0 Å². The molecule has 3 aromatic carbocycles. The summed E-state index contributed by atoms with van der Waals surface area (Å²) in [5.74, 6) is 0.305. The van der Waals surface area contributed by atoms with Crippen molar-refractivity contribution in [1.82, 2.24) is 10.2 Å². The molecule has 1 heterocycles. The number of carbonyl (C=O) groups excluding carboxylic acids is 1. The second kappa shape index (κ2) is 11.7. The number of carbonyl (C=O) groups is 1. The SMILES string of the molecule is CC(O)(CNC1CCCN1Cc1ccc(Cl)cc1)COc1ccccc1NC(=O)c1ccccc1. The fraction of sp³-hybridized carbons (Fsp3) is 0.321. The predicted octanol–water partition coefficient (Wildman–Crippen LogP) is 4.93. The highest BCUT2D eigenvalue weighted by molar-refractivity contribution is 6.30. The molecule has 3 N–H and O–H groups in total. The van der Waals surface area contributed by atoms with E-state index in [0.29, 0.717) is 23.5 Å². The molecule has 0 spiro atoms. The summed E-state index contributed by atoms with van der Waals surface area (Å²) in [5.41, 5.74) is 1.26. The lowest BCUT2D eigenvalue weighted by Gasteiger charge is -2.30. The lowest BCUT2D eigenvalue weighted by atomic mass is 10.1. The van der Waals surface area contributed by atoms with Crippen molar-refractivity contribution in [1.29, 1.82) is 0 Å². The lowest BCUT2D eigenvalue weighted by Crippen LogP contribution is -2.49. The summed E-state index contributed by atoms with van der Waals surface area (Å²) in [4.78, 5) is 14.9. The normalized spacial score (nSPS) is 17.6. The van der Waals surface area contributed by atoms with Crippen molar-refractivity contribution in [3.05, 3.63) is 95.0 Å². The van der Waals surface area contributed by atoms with Gasteiger partial charge in [0.05, 0.1) is 11.9 Å². The number of anilines is 1. The first kappa shape index (κ1) is 25.2. The maximum Gasteiger partial charge on any atom is 0.255 e. The molecule has 3 aromatic rings. The maximum absolute atomic E-state index is 12.6. The molecular formula is C28H32ClN3O3. The summed E-state index contributed by atoms with van der Waals surface area (Å²) in [6.07, 6.45) is 2.33. The number of hydrogen-bond acceptors (Lipinski definition) is 5. The van der Waals surface area contributed by atoms with Gasteiger partial charge in [0.1, 0.15) is 18.0 Å². The first-order valence-corrected chi connectivity index (χ1v) is 12.3. The van der Waals surface area contributed by atoms with Crippen molar-refractivity contribution in [2.45, 2.75) is 38.1 Å². The zero-order valence-electron chi connectivity index (χ0n) is 19.9. The number of para-hydroxylation sites is 2. The zero-order chi connectivity index (χ0) is 24.7. The number of halogens is 1. The minimum Gasteiger partial charge on any atom is -0.488 e. The van der Waals surface area contributed by atoms with E-state index < -0.39 is 5.60 Å². The molecule has 2 atom stereocenters. The Labute approximate surface area is 211 Å². The van der Waals surface area contributed by atoms with E-state index in [1.807, 2.05) is 42.5 Å². The maximum atomic E-state index is 12.6. The molecule has 0 aliphatic carbocycles. The van der Waals surface area contributed by atoms with Gasteiger partial charge in [-0.25, -0.2) is 0 Å². The van der Waals surface area contributed by atoms with Crippen LogP contribution in [0.5, 0.6) is 5.75 Å². The molecule has 0 radical (unpaired) electrons. The fourth-order valence-electron chi connectivity index (χ4n) is 4.17. The second-order valence-electron chi connectivity index (χ2n) is 9.24. The number of amides is 1. The first-order chi connectivity index (χ1) is 16.9. The smallest absolute Gasteiger partial charge is 0.255 e. The van der Waals surface area contributed by atoms with E-state index in [4.69, 9.17) is 16.3 Å². The number of nitrogens with one attached hydrogen (secondary N) is 2. The Morgan fingerprint density at radius 3 is 2.57 bits per heavy atom. The molecule has 0 saturated carbocycles. The molecule has 1 amide bonds. The molecule has 2 unspecified atom stereocenters. The summed E-state index contributed by atoms with van der Waals surface area (Å²) in [6, 6.07) is 24.2. The minimum absolute atomic E-state index is 0.0854. The number of aliphatic hydroxyl groups is 1. The van der Waals surface area contributed by atoms with Crippen LogP contribution in [0.1, 0.15) is 35.7 Å². The molecule has 4 rings (SSSR count). The van der Waals surface area contributed by atoms with Gasteiger partial charge >= 0.3 is 0 Å². The third-order valence-corrected chi connectivity index (χ3v) is 6.34. The van der Waals surface area contributed by atoms with E-state index in [1.165, 1.54) is 5.56 Å². The van der Waals surface area contributed by atoms with Gasteiger partial charge < -0.3 is 15.2 Å². The van der Waals surface area contributed by atoms with Crippen LogP contribution in [-0.2, 0) is 6.54 Å². The Bertz CT molecular complexity index is 1110. The summed E-state index contributed by atoms with van der Waals surface area (Å²) in [7, 11) is 0. The molecule has 0 bridgehead atoms. The summed E-state index contributed by atoms with van der Waals surface area (Å²) < 4.78 is 5.96.